The molecule has 1 aliphatic heterocycles. The third-order valence-corrected chi connectivity index (χ3v) is 3.07. The molecular formula is C13H20N4O. The van der Waals surface area contributed by atoms with Gasteiger partial charge >= 0.3 is 0 Å². The Morgan fingerprint density at radius 3 is 2.83 bits per heavy atom. The minimum Gasteiger partial charge on any atom is -0.357 e. The summed E-state index contributed by atoms with van der Waals surface area (Å²) in [5.74, 6) is 1.67. The summed E-state index contributed by atoms with van der Waals surface area (Å²) in [5.41, 5.74) is 0. The van der Waals surface area contributed by atoms with Crippen LogP contribution in [0.5, 0.6) is 0 Å². The van der Waals surface area contributed by atoms with Crippen molar-refractivity contribution in [2.45, 2.75) is 33.2 Å². The fourth-order valence-corrected chi connectivity index (χ4v) is 1.97. The standard InChI is InChI=1S/C13H20N4O/c1-10(2)13(18)15-9-11-14-6-5-12(16-11)17-7-3-4-8-17/h5-6,10H,3-4,7-9H2,1-2H3,(H,15,18). The fraction of sp³-hybridized carbons (Fsp3) is 0.615. The van der Waals surface area contributed by atoms with Gasteiger partial charge in [0.05, 0.1) is 6.54 Å². The second-order valence-corrected chi connectivity index (χ2v) is 4.90. The molecular weight excluding hydrogens is 228 g/mol. The van der Waals surface area contributed by atoms with Crippen molar-refractivity contribution in [2.24, 2.45) is 5.92 Å². The van der Waals surface area contributed by atoms with Gasteiger partial charge in [-0.05, 0) is 18.9 Å². The zero-order chi connectivity index (χ0) is 13.0. The van der Waals surface area contributed by atoms with E-state index >= 15 is 0 Å². The van der Waals surface area contributed by atoms with E-state index in [1.165, 1.54) is 12.8 Å². The Kier molecular flexibility index (Phi) is 4.12. The molecule has 0 unspecified atom stereocenters. The van der Waals surface area contributed by atoms with E-state index in [4.69, 9.17) is 0 Å². The maximum Gasteiger partial charge on any atom is 0.222 e. The normalized spacial score (nSPS) is 15.2. The molecule has 5 heteroatoms. The summed E-state index contributed by atoms with van der Waals surface area (Å²) in [4.78, 5) is 22.4. The Balaban J connectivity index is 1.96. The molecule has 1 fully saturated rings. The van der Waals surface area contributed by atoms with Gasteiger partial charge < -0.3 is 10.2 Å². The summed E-state index contributed by atoms with van der Waals surface area (Å²) < 4.78 is 0. The minimum absolute atomic E-state index is 0.00763. The molecule has 1 aliphatic rings. The molecule has 98 valence electrons. The number of aromatic nitrogens is 2. The lowest BCUT2D eigenvalue weighted by molar-refractivity contribution is -0.124. The summed E-state index contributed by atoms with van der Waals surface area (Å²) in [6.45, 7) is 6.27. The molecule has 2 rings (SSSR count). The Bertz CT molecular complexity index is 413. The van der Waals surface area contributed by atoms with Gasteiger partial charge in [-0.15, -0.1) is 0 Å². The number of hydrogen-bond donors (Lipinski definition) is 1. The molecule has 2 heterocycles. The fourth-order valence-electron chi connectivity index (χ4n) is 1.97. The van der Waals surface area contributed by atoms with Crippen molar-refractivity contribution >= 4 is 11.7 Å². The number of anilines is 1. The number of rotatable bonds is 4. The van der Waals surface area contributed by atoms with Crippen molar-refractivity contribution in [1.82, 2.24) is 15.3 Å². The maximum atomic E-state index is 11.5. The van der Waals surface area contributed by atoms with E-state index in [2.05, 4.69) is 20.2 Å². The zero-order valence-electron chi connectivity index (χ0n) is 11.0. The lowest BCUT2D eigenvalue weighted by Gasteiger charge is -2.16. The van der Waals surface area contributed by atoms with E-state index in [-0.39, 0.29) is 11.8 Å². The third-order valence-electron chi connectivity index (χ3n) is 3.07. The maximum absolute atomic E-state index is 11.5. The van der Waals surface area contributed by atoms with Gasteiger partial charge in [0.2, 0.25) is 5.91 Å². The van der Waals surface area contributed by atoms with Gasteiger partial charge in [0.15, 0.2) is 0 Å². The molecule has 1 amide bonds. The van der Waals surface area contributed by atoms with E-state index in [1.54, 1.807) is 6.20 Å². The molecule has 0 radical (unpaired) electrons. The van der Waals surface area contributed by atoms with Crippen molar-refractivity contribution < 1.29 is 4.79 Å². The summed E-state index contributed by atoms with van der Waals surface area (Å²) in [5, 5.41) is 2.83. The lowest BCUT2D eigenvalue weighted by Crippen LogP contribution is -2.28. The number of carbonyl (C=O) groups is 1. The van der Waals surface area contributed by atoms with Crippen LogP contribution in [0.1, 0.15) is 32.5 Å². The van der Waals surface area contributed by atoms with Crippen molar-refractivity contribution in [2.75, 3.05) is 18.0 Å². The van der Waals surface area contributed by atoms with Crippen molar-refractivity contribution in [3.8, 4) is 0 Å². The highest BCUT2D eigenvalue weighted by molar-refractivity contribution is 5.77. The zero-order valence-corrected chi connectivity index (χ0v) is 11.0. The Morgan fingerprint density at radius 1 is 1.44 bits per heavy atom. The highest BCUT2D eigenvalue weighted by Gasteiger charge is 2.14. The predicted octanol–water partition coefficient (Wildman–Crippen LogP) is 1.35. The second kappa shape index (κ2) is 5.80. The van der Waals surface area contributed by atoms with Crippen LogP contribution >= 0.6 is 0 Å². The minimum atomic E-state index is -0.00763. The van der Waals surface area contributed by atoms with Gasteiger partial charge in [-0.3, -0.25) is 4.79 Å². The van der Waals surface area contributed by atoms with Crippen molar-refractivity contribution in [3.63, 3.8) is 0 Å². The average Bonchev–Trinajstić information content (AvgIpc) is 2.90. The van der Waals surface area contributed by atoms with Crippen LogP contribution in [0, 0.1) is 5.92 Å². The summed E-state index contributed by atoms with van der Waals surface area (Å²) in [6, 6.07) is 1.93. The lowest BCUT2D eigenvalue weighted by atomic mass is 10.2. The molecule has 0 atom stereocenters. The van der Waals surface area contributed by atoms with Gasteiger partial charge in [-0.2, -0.15) is 0 Å². The number of nitrogens with one attached hydrogen (secondary N) is 1. The molecule has 1 saturated heterocycles. The quantitative estimate of drug-likeness (QED) is 0.874. The van der Waals surface area contributed by atoms with Crippen LogP contribution in [0.3, 0.4) is 0 Å². The smallest absolute Gasteiger partial charge is 0.222 e. The van der Waals surface area contributed by atoms with Gasteiger partial charge in [-0.25, -0.2) is 9.97 Å². The summed E-state index contributed by atoms with van der Waals surface area (Å²) in [7, 11) is 0. The van der Waals surface area contributed by atoms with Gasteiger partial charge in [0.25, 0.3) is 0 Å². The molecule has 1 aromatic rings. The number of nitrogens with zero attached hydrogens (tertiary/aromatic N) is 3. The first kappa shape index (κ1) is 12.8. The second-order valence-electron chi connectivity index (χ2n) is 4.90. The van der Waals surface area contributed by atoms with Crippen molar-refractivity contribution in [1.29, 1.82) is 0 Å². The largest absolute Gasteiger partial charge is 0.357 e. The number of carbonyl (C=O) groups excluding carboxylic acids is 1. The molecule has 0 aromatic carbocycles. The monoisotopic (exact) mass is 248 g/mol. The molecule has 0 aliphatic carbocycles. The molecule has 0 spiro atoms. The SMILES string of the molecule is CC(C)C(=O)NCc1nccc(N2CCCC2)n1. The topological polar surface area (TPSA) is 58.1 Å². The van der Waals surface area contributed by atoms with E-state index < -0.39 is 0 Å². The molecule has 5 nitrogen and oxygen atoms in total. The molecule has 1 aromatic heterocycles. The summed E-state index contributed by atoms with van der Waals surface area (Å²) in [6.07, 6.45) is 4.21. The van der Waals surface area contributed by atoms with Gasteiger partial charge in [0.1, 0.15) is 11.6 Å². The number of hydrogen-bond acceptors (Lipinski definition) is 4. The van der Waals surface area contributed by atoms with E-state index in [0.717, 1.165) is 18.9 Å². The third kappa shape index (κ3) is 3.18. The van der Waals surface area contributed by atoms with E-state index in [0.29, 0.717) is 12.4 Å². The average molecular weight is 248 g/mol. The Labute approximate surface area is 108 Å². The predicted molar refractivity (Wildman–Crippen MR) is 70.2 cm³/mol. The van der Waals surface area contributed by atoms with Crippen LogP contribution in [0.2, 0.25) is 0 Å². The van der Waals surface area contributed by atoms with Gasteiger partial charge in [0, 0.05) is 25.2 Å². The Morgan fingerprint density at radius 2 is 2.17 bits per heavy atom. The highest BCUT2D eigenvalue weighted by atomic mass is 16.1. The van der Waals surface area contributed by atoms with Crippen LogP contribution in [0.25, 0.3) is 0 Å². The first-order valence-electron chi connectivity index (χ1n) is 6.51. The van der Waals surface area contributed by atoms with E-state index in [1.807, 2.05) is 19.9 Å². The molecule has 1 N–H and O–H groups in total. The van der Waals surface area contributed by atoms with Crippen molar-refractivity contribution in [3.05, 3.63) is 18.1 Å². The summed E-state index contributed by atoms with van der Waals surface area (Å²) >= 11 is 0. The van der Waals surface area contributed by atoms with Crippen LogP contribution < -0.4 is 10.2 Å². The highest BCUT2D eigenvalue weighted by Crippen LogP contribution is 2.16. The van der Waals surface area contributed by atoms with E-state index in [9.17, 15) is 4.79 Å². The molecule has 0 saturated carbocycles. The Hall–Kier alpha value is -1.65. The van der Waals surface area contributed by atoms with Crippen LogP contribution in [0.15, 0.2) is 12.3 Å². The number of amides is 1. The van der Waals surface area contributed by atoms with Crippen LogP contribution in [-0.4, -0.2) is 29.0 Å². The van der Waals surface area contributed by atoms with Crippen LogP contribution in [-0.2, 0) is 11.3 Å². The first-order valence-corrected chi connectivity index (χ1v) is 6.51. The first-order chi connectivity index (χ1) is 8.66. The molecule has 18 heavy (non-hydrogen) atoms. The van der Waals surface area contributed by atoms with Crippen LogP contribution in [0.4, 0.5) is 5.82 Å². The van der Waals surface area contributed by atoms with Gasteiger partial charge in [-0.1, -0.05) is 13.8 Å². The molecule has 0 bridgehead atoms.